The van der Waals surface area contributed by atoms with Crippen molar-refractivity contribution in [2.75, 3.05) is 7.05 Å². The Morgan fingerprint density at radius 3 is 2.08 bits per heavy atom. The monoisotopic (exact) mass is 183 g/mol. The van der Waals surface area contributed by atoms with Gasteiger partial charge in [0.1, 0.15) is 0 Å². The molecule has 1 fully saturated rings. The summed E-state index contributed by atoms with van der Waals surface area (Å²) in [6.07, 6.45) is 5.59. The lowest BCUT2D eigenvalue weighted by atomic mass is 9.73. The molecule has 13 heavy (non-hydrogen) atoms. The SMILES string of the molecule is CCC(NC)C1CC(C)CC(C)C1. The van der Waals surface area contributed by atoms with Gasteiger partial charge in [-0.3, -0.25) is 0 Å². The molecular formula is C12H25N. The molecule has 1 nitrogen and oxygen atoms in total. The molecule has 1 N–H and O–H groups in total. The zero-order chi connectivity index (χ0) is 9.84. The average molecular weight is 183 g/mol. The normalized spacial score (nSPS) is 37.4. The van der Waals surface area contributed by atoms with Gasteiger partial charge < -0.3 is 5.32 Å². The van der Waals surface area contributed by atoms with Gasteiger partial charge in [-0.1, -0.05) is 20.8 Å². The first kappa shape index (κ1) is 11.0. The minimum Gasteiger partial charge on any atom is -0.317 e. The summed E-state index contributed by atoms with van der Waals surface area (Å²) in [5, 5.41) is 3.46. The maximum Gasteiger partial charge on any atom is 0.00899 e. The van der Waals surface area contributed by atoms with E-state index in [2.05, 4.69) is 33.1 Å². The molecule has 0 aromatic carbocycles. The van der Waals surface area contributed by atoms with Crippen LogP contribution in [0.4, 0.5) is 0 Å². The van der Waals surface area contributed by atoms with Crippen molar-refractivity contribution >= 4 is 0 Å². The summed E-state index contributed by atoms with van der Waals surface area (Å²) in [5.74, 6) is 2.81. The van der Waals surface area contributed by atoms with Gasteiger partial charge in [0.2, 0.25) is 0 Å². The Bertz CT molecular complexity index is 130. The number of hydrogen-bond donors (Lipinski definition) is 1. The van der Waals surface area contributed by atoms with Crippen molar-refractivity contribution < 1.29 is 0 Å². The van der Waals surface area contributed by atoms with Crippen LogP contribution in [0.3, 0.4) is 0 Å². The van der Waals surface area contributed by atoms with Crippen LogP contribution >= 0.6 is 0 Å². The predicted octanol–water partition coefficient (Wildman–Crippen LogP) is 3.06. The predicted molar refractivity (Wildman–Crippen MR) is 58.8 cm³/mol. The maximum absolute atomic E-state index is 3.46. The van der Waals surface area contributed by atoms with Crippen LogP contribution in [0.5, 0.6) is 0 Å². The number of nitrogens with one attached hydrogen (secondary N) is 1. The van der Waals surface area contributed by atoms with Crippen LogP contribution in [-0.4, -0.2) is 13.1 Å². The van der Waals surface area contributed by atoms with Crippen molar-refractivity contribution in [3.05, 3.63) is 0 Å². The van der Waals surface area contributed by atoms with Gasteiger partial charge in [-0.15, -0.1) is 0 Å². The first-order valence-corrected chi connectivity index (χ1v) is 5.84. The highest BCUT2D eigenvalue weighted by molar-refractivity contribution is 4.82. The lowest BCUT2D eigenvalue weighted by Crippen LogP contribution is -2.37. The second-order valence-corrected chi connectivity index (χ2v) is 4.98. The van der Waals surface area contributed by atoms with Gasteiger partial charge in [0.15, 0.2) is 0 Å². The summed E-state index contributed by atoms with van der Waals surface area (Å²) < 4.78 is 0. The summed E-state index contributed by atoms with van der Waals surface area (Å²) in [6.45, 7) is 7.11. The summed E-state index contributed by atoms with van der Waals surface area (Å²) in [5.41, 5.74) is 0. The third-order valence-electron chi connectivity index (χ3n) is 3.59. The third-order valence-corrected chi connectivity index (χ3v) is 3.59. The van der Waals surface area contributed by atoms with Gasteiger partial charge in [0.05, 0.1) is 0 Å². The van der Waals surface area contributed by atoms with Crippen molar-refractivity contribution in [3.8, 4) is 0 Å². The molecule has 78 valence electrons. The van der Waals surface area contributed by atoms with E-state index < -0.39 is 0 Å². The highest BCUT2D eigenvalue weighted by Gasteiger charge is 2.28. The van der Waals surface area contributed by atoms with E-state index in [-0.39, 0.29) is 0 Å². The molecule has 0 radical (unpaired) electrons. The van der Waals surface area contributed by atoms with Crippen molar-refractivity contribution in [2.45, 2.75) is 52.5 Å². The Kier molecular flexibility index (Phi) is 4.24. The molecule has 0 saturated heterocycles. The fraction of sp³-hybridized carbons (Fsp3) is 1.00. The smallest absolute Gasteiger partial charge is 0.00899 e. The summed E-state index contributed by atoms with van der Waals surface area (Å²) in [4.78, 5) is 0. The van der Waals surface area contributed by atoms with Crippen molar-refractivity contribution in [2.24, 2.45) is 17.8 Å². The van der Waals surface area contributed by atoms with Gasteiger partial charge in [0.25, 0.3) is 0 Å². The van der Waals surface area contributed by atoms with Gasteiger partial charge in [0, 0.05) is 6.04 Å². The topological polar surface area (TPSA) is 12.0 Å². The van der Waals surface area contributed by atoms with E-state index >= 15 is 0 Å². The molecule has 0 heterocycles. The summed E-state index contributed by atoms with van der Waals surface area (Å²) in [7, 11) is 2.11. The van der Waals surface area contributed by atoms with Crippen LogP contribution in [0.25, 0.3) is 0 Å². The Hall–Kier alpha value is -0.0400. The molecule has 3 unspecified atom stereocenters. The maximum atomic E-state index is 3.46. The van der Waals surface area contributed by atoms with Crippen molar-refractivity contribution in [3.63, 3.8) is 0 Å². The van der Waals surface area contributed by atoms with E-state index in [9.17, 15) is 0 Å². The number of hydrogen-bond acceptors (Lipinski definition) is 1. The molecule has 1 saturated carbocycles. The lowest BCUT2D eigenvalue weighted by Gasteiger charge is -2.36. The van der Waals surface area contributed by atoms with E-state index in [1.165, 1.54) is 25.7 Å². The van der Waals surface area contributed by atoms with Crippen LogP contribution in [0.15, 0.2) is 0 Å². The molecule has 0 spiro atoms. The Balaban J connectivity index is 2.48. The molecule has 1 aliphatic carbocycles. The minimum absolute atomic E-state index is 0.755. The molecule has 3 atom stereocenters. The second-order valence-electron chi connectivity index (χ2n) is 4.98. The van der Waals surface area contributed by atoms with Crippen molar-refractivity contribution in [1.82, 2.24) is 5.32 Å². The standard InChI is InChI=1S/C12H25N/c1-5-12(13-4)11-7-9(2)6-10(3)8-11/h9-13H,5-8H2,1-4H3. The van der Waals surface area contributed by atoms with E-state index in [0.717, 1.165) is 23.8 Å². The summed E-state index contributed by atoms with van der Waals surface area (Å²) in [6, 6.07) is 0.755. The zero-order valence-corrected chi connectivity index (χ0v) is 9.64. The van der Waals surface area contributed by atoms with E-state index in [4.69, 9.17) is 0 Å². The van der Waals surface area contributed by atoms with Gasteiger partial charge in [-0.2, -0.15) is 0 Å². The average Bonchev–Trinajstić information content (AvgIpc) is 2.04. The van der Waals surface area contributed by atoms with Crippen molar-refractivity contribution in [1.29, 1.82) is 0 Å². The van der Waals surface area contributed by atoms with Gasteiger partial charge >= 0.3 is 0 Å². The lowest BCUT2D eigenvalue weighted by molar-refractivity contribution is 0.177. The van der Waals surface area contributed by atoms with E-state index in [1.807, 2.05) is 0 Å². The van der Waals surface area contributed by atoms with Crippen LogP contribution < -0.4 is 5.32 Å². The van der Waals surface area contributed by atoms with E-state index in [0.29, 0.717) is 0 Å². The van der Waals surface area contributed by atoms with E-state index in [1.54, 1.807) is 0 Å². The van der Waals surface area contributed by atoms with Crippen LogP contribution in [0, 0.1) is 17.8 Å². The fourth-order valence-electron chi connectivity index (χ4n) is 3.11. The molecule has 0 bridgehead atoms. The first-order chi connectivity index (χ1) is 6.17. The molecule has 1 aliphatic rings. The molecule has 1 rings (SSSR count). The highest BCUT2D eigenvalue weighted by Crippen LogP contribution is 2.35. The van der Waals surface area contributed by atoms with Gasteiger partial charge in [-0.05, 0) is 50.5 Å². The van der Waals surface area contributed by atoms with Gasteiger partial charge in [-0.25, -0.2) is 0 Å². The largest absolute Gasteiger partial charge is 0.317 e. The molecular weight excluding hydrogens is 158 g/mol. The molecule has 1 heteroatoms. The molecule has 0 aromatic heterocycles. The first-order valence-electron chi connectivity index (χ1n) is 5.84. The summed E-state index contributed by atoms with van der Waals surface area (Å²) >= 11 is 0. The highest BCUT2D eigenvalue weighted by atomic mass is 14.9. The molecule has 0 aliphatic heterocycles. The second kappa shape index (κ2) is 4.99. The minimum atomic E-state index is 0.755. The fourth-order valence-corrected chi connectivity index (χ4v) is 3.11. The van der Waals surface area contributed by atoms with Crippen LogP contribution in [0.2, 0.25) is 0 Å². The molecule has 0 aromatic rings. The Morgan fingerprint density at radius 1 is 1.15 bits per heavy atom. The Morgan fingerprint density at radius 2 is 1.69 bits per heavy atom. The number of rotatable bonds is 3. The van der Waals surface area contributed by atoms with Crippen LogP contribution in [0.1, 0.15) is 46.5 Å². The quantitative estimate of drug-likeness (QED) is 0.709. The Labute approximate surface area is 83.3 Å². The van der Waals surface area contributed by atoms with Crippen LogP contribution in [-0.2, 0) is 0 Å². The zero-order valence-electron chi connectivity index (χ0n) is 9.64. The molecule has 0 amide bonds. The third kappa shape index (κ3) is 2.98.